The summed E-state index contributed by atoms with van der Waals surface area (Å²) in [6.07, 6.45) is -5.56. The standard InChI is InChI=1S/C19H2F6N6/c20-15-14(16(21)18(22)31-17(15)19(23,24)25)12(7-30)13-9(3-26)1-8(2-10(13)4-27)11(5-28)6-29/h1-2H. The predicted octanol–water partition coefficient (Wildman–Crippen LogP) is 2.18. The molecule has 0 amide bonds. The molecule has 0 aliphatic heterocycles. The Kier molecular flexibility index (Phi) is 5.97. The van der Waals surface area contributed by atoms with E-state index in [0.717, 1.165) is 12.1 Å². The van der Waals surface area contributed by atoms with E-state index in [-0.39, 0.29) is 5.22 Å². The fourth-order valence-corrected chi connectivity index (χ4v) is 2.54. The molecule has 0 aliphatic carbocycles. The molecule has 0 N–H and O–H groups in total. The van der Waals surface area contributed by atoms with Crippen LogP contribution in [-0.4, -0.2) is 4.98 Å². The minimum absolute atomic E-state index is 0.267. The van der Waals surface area contributed by atoms with Crippen molar-refractivity contribution in [2.45, 2.75) is 6.18 Å². The van der Waals surface area contributed by atoms with E-state index < -0.39 is 62.5 Å². The highest BCUT2D eigenvalue weighted by Gasteiger charge is 2.40. The van der Waals surface area contributed by atoms with Crippen LogP contribution in [0.5, 0.6) is 0 Å². The summed E-state index contributed by atoms with van der Waals surface area (Å²) in [5.41, 5.74) is -7.46. The molecule has 2 aromatic rings. The van der Waals surface area contributed by atoms with Crippen LogP contribution in [-0.2, 0) is 6.18 Å². The van der Waals surface area contributed by atoms with Crippen LogP contribution in [0.15, 0.2) is 12.1 Å². The van der Waals surface area contributed by atoms with E-state index in [1.165, 1.54) is 30.3 Å². The lowest BCUT2D eigenvalue weighted by atomic mass is 9.95. The number of halogens is 6. The second kappa shape index (κ2) is 8.25. The number of alkyl halides is 3. The molecule has 1 heterocycles. The SMILES string of the molecule is N#CC(C#N)=c1cc(C#N)c(=C(C#N)c2c(F)c(F)nc(C(F)(F)F)c2F)c(C#N)c1. The van der Waals surface area contributed by atoms with E-state index in [4.69, 9.17) is 10.5 Å². The van der Waals surface area contributed by atoms with E-state index in [0.29, 0.717) is 0 Å². The van der Waals surface area contributed by atoms with Crippen molar-refractivity contribution in [2.24, 2.45) is 0 Å². The smallest absolute Gasteiger partial charge is 0.209 e. The predicted molar refractivity (Wildman–Crippen MR) is 87.0 cm³/mol. The van der Waals surface area contributed by atoms with Crippen molar-refractivity contribution < 1.29 is 26.3 Å². The average molecular weight is 428 g/mol. The van der Waals surface area contributed by atoms with Gasteiger partial charge in [0.25, 0.3) is 0 Å². The number of nitriles is 5. The Balaban J connectivity index is 3.28. The highest BCUT2D eigenvalue weighted by molar-refractivity contribution is 5.80. The van der Waals surface area contributed by atoms with E-state index in [2.05, 4.69) is 4.98 Å². The molecule has 0 radical (unpaired) electrons. The molecule has 0 spiro atoms. The van der Waals surface area contributed by atoms with Gasteiger partial charge in [-0.15, -0.1) is 0 Å². The van der Waals surface area contributed by atoms with Crippen molar-refractivity contribution in [3.63, 3.8) is 0 Å². The van der Waals surface area contributed by atoms with Crippen LogP contribution in [0.2, 0.25) is 0 Å². The third-order valence-electron chi connectivity index (χ3n) is 3.81. The number of rotatable bonds is 1. The van der Waals surface area contributed by atoms with Crippen molar-refractivity contribution in [3.8, 4) is 30.3 Å². The molecule has 0 atom stereocenters. The van der Waals surface area contributed by atoms with Gasteiger partial charge in [0.2, 0.25) is 5.95 Å². The van der Waals surface area contributed by atoms with E-state index in [9.17, 15) is 42.1 Å². The summed E-state index contributed by atoms with van der Waals surface area (Å²) >= 11 is 0. The molecule has 150 valence electrons. The van der Waals surface area contributed by atoms with Crippen molar-refractivity contribution >= 4 is 11.1 Å². The quantitative estimate of drug-likeness (QED) is 0.505. The molecule has 0 fully saturated rings. The monoisotopic (exact) mass is 428 g/mol. The zero-order valence-electron chi connectivity index (χ0n) is 14.6. The normalized spacial score (nSPS) is 10.1. The van der Waals surface area contributed by atoms with Gasteiger partial charge < -0.3 is 0 Å². The third kappa shape index (κ3) is 3.85. The highest BCUT2D eigenvalue weighted by Crippen LogP contribution is 2.34. The minimum atomic E-state index is -5.56. The fourth-order valence-electron chi connectivity index (χ4n) is 2.54. The van der Waals surface area contributed by atoms with Crippen LogP contribution in [0.25, 0.3) is 11.1 Å². The number of benzene rings is 1. The zero-order valence-corrected chi connectivity index (χ0v) is 14.6. The van der Waals surface area contributed by atoms with Gasteiger partial charge in [-0.05, 0) is 12.1 Å². The Labute approximate surface area is 168 Å². The molecule has 6 nitrogen and oxygen atoms in total. The minimum Gasteiger partial charge on any atom is -0.209 e. The van der Waals surface area contributed by atoms with Gasteiger partial charge in [-0.25, -0.2) is 13.8 Å². The first-order valence-corrected chi connectivity index (χ1v) is 7.60. The topological polar surface area (TPSA) is 132 Å². The van der Waals surface area contributed by atoms with Gasteiger partial charge in [-0.3, -0.25) is 0 Å². The number of hydrogen-bond acceptors (Lipinski definition) is 6. The Morgan fingerprint density at radius 3 is 1.71 bits per heavy atom. The van der Waals surface area contributed by atoms with Crippen LogP contribution in [0.1, 0.15) is 22.4 Å². The number of pyridine rings is 1. The highest BCUT2D eigenvalue weighted by atomic mass is 19.4. The van der Waals surface area contributed by atoms with Gasteiger partial charge >= 0.3 is 6.18 Å². The van der Waals surface area contributed by atoms with Gasteiger partial charge in [0.1, 0.15) is 23.8 Å². The first-order valence-electron chi connectivity index (χ1n) is 7.60. The second-order valence-corrected chi connectivity index (χ2v) is 5.51. The lowest BCUT2D eigenvalue weighted by Crippen LogP contribution is -2.24. The lowest BCUT2D eigenvalue weighted by Gasteiger charge is -2.12. The maximum atomic E-state index is 14.5. The Morgan fingerprint density at radius 1 is 0.806 bits per heavy atom. The van der Waals surface area contributed by atoms with Crippen LogP contribution < -0.4 is 10.4 Å². The summed E-state index contributed by atoms with van der Waals surface area (Å²) in [5, 5.41) is 44.9. The molecule has 1 aromatic carbocycles. The van der Waals surface area contributed by atoms with E-state index >= 15 is 0 Å². The maximum absolute atomic E-state index is 14.5. The first-order chi connectivity index (χ1) is 14.5. The second-order valence-electron chi connectivity index (χ2n) is 5.51. The summed E-state index contributed by atoms with van der Waals surface area (Å²) in [6, 6.07) is 8.69. The fraction of sp³-hybridized carbons (Fsp3) is 0.0526. The third-order valence-corrected chi connectivity index (χ3v) is 3.81. The molecular weight excluding hydrogens is 426 g/mol. The van der Waals surface area contributed by atoms with Crippen molar-refractivity contribution in [3.05, 3.63) is 62.5 Å². The molecule has 1 aromatic heterocycles. The van der Waals surface area contributed by atoms with Crippen LogP contribution in [0.4, 0.5) is 26.3 Å². The van der Waals surface area contributed by atoms with Gasteiger partial charge in [-0.1, -0.05) is 0 Å². The van der Waals surface area contributed by atoms with Crippen molar-refractivity contribution in [2.75, 3.05) is 0 Å². The molecule has 2 rings (SSSR count). The zero-order chi connectivity index (χ0) is 23.5. The lowest BCUT2D eigenvalue weighted by molar-refractivity contribution is -0.144. The van der Waals surface area contributed by atoms with E-state index in [1.807, 2.05) is 0 Å². The molecular formula is C19H2F6N6. The number of hydrogen-bond donors (Lipinski definition) is 0. The largest absolute Gasteiger partial charge is 0.436 e. The van der Waals surface area contributed by atoms with Crippen LogP contribution in [0, 0.1) is 74.2 Å². The number of nitrogens with zero attached hydrogens (tertiary/aromatic N) is 6. The molecule has 0 aliphatic rings. The molecule has 0 bridgehead atoms. The van der Waals surface area contributed by atoms with Gasteiger partial charge in [0.15, 0.2) is 17.3 Å². The molecule has 0 saturated carbocycles. The Hall–Kier alpha value is -4.86. The van der Waals surface area contributed by atoms with Crippen LogP contribution in [0.3, 0.4) is 0 Å². The average Bonchev–Trinajstić information content (AvgIpc) is 2.73. The number of aromatic nitrogens is 1. The van der Waals surface area contributed by atoms with Crippen molar-refractivity contribution in [1.82, 2.24) is 4.98 Å². The summed E-state index contributed by atoms with van der Waals surface area (Å²) in [7, 11) is 0. The summed E-state index contributed by atoms with van der Waals surface area (Å²) < 4.78 is 81.4. The van der Waals surface area contributed by atoms with E-state index in [1.54, 1.807) is 0 Å². The van der Waals surface area contributed by atoms with Gasteiger partial charge in [0.05, 0.1) is 34.4 Å². The van der Waals surface area contributed by atoms with Crippen molar-refractivity contribution in [1.29, 1.82) is 26.3 Å². The molecule has 12 heteroatoms. The molecule has 31 heavy (non-hydrogen) atoms. The van der Waals surface area contributed by atoms with Gasteiger partial charge in [0, 0.05) is 10.4 Å². The van der Waals surface area contributed by atoms with Gasteiger partial charge in [-0.2, -0.15) is 43.9 Å². The molecule has 0 saturated heterocycles. The summed E-state index contributed by atoms with van der Waals surface area (Å²) in [4.78, 5) is 2.19. The Bertz CT molecular complexity index is 1400. The Morgan fingerprint density at radius 2 is 1.32 bits per heavy atom. The molecule has 0 unspecified atom stereocenters. The first kappa shape index (κ1) is 22.4. The summed E-state index contributed by atoms with van der Waals surface area (Å²) in [6.45, 7) is 0. The summed E-state index contributed by atoms with van der Waals surface area (Å²) in [5.74, 6) is -7.05. The van der Waals surface area contributed by atoms with Crippen LogP contribution >= 0.6 is 0 Å². The maximum Gasteiger partial charge on any atom is 0.436 e.